The summed E-state index contributed by atoms with van der Waals surface area (Å²) >= 11 is 1.44. The summed E-state index contributed by atoms with van der Waals surface area (Å²) in [4.78, 5) is 16.7. The molecule has 1 aromatic heterocycles. The van der Waals surface area contributed by atoms with Gasteiger partial charge in [0.25, 0.3) is 0 Å². The van der Waals surface area contributed by atoms with Gasteiger partial charge in [-0.1, -0.05) is 12.1 Å². The Kier molecular flexibility index (Phi) is 7.28. The summed E-state index contributed by atoms with van der Waals surface area (Å²) in [5, 5.41) is 6.28. The van der Waals surface area contributed by atoms with Gasteiger partial charge in [-0.05, 0) is 24.7 Å². The first-order valence-electron chi connectivity index (χ1n) is 6.31. The zero-order valence-electron chi connectivity index (χ0n) is 11.6. The van der Waals surface area contributed by atoms with E-state index in [2.05, 4.69) is 15.6 Å². The molecule has 0 aliphatic rings. The molecule has 4 nitrogen and oxygen atoms in total. The third-order valence-electron chi connectivity index (χ3n) is 2.69. The van der Waals surface area contributed by atoms with Gasteiger partial charge in [0.15, 0.2) is 5.13 Å². The maximum atomic E-state index is 12.8. The van der Waals surface area contributed by atoms with E-state index in [0.29, 0.717) is 24.5 Å². The number of aromatic nitrogens is 1. The van der Waals surface area contributed by atoms with Crippen LogP contribution in [-0.2, 0) is 11.2 Å². The second-order valence-corrected chi connectivity index (χ2v) is 5.45. The summed E-state index contributed by atoms with van der Waals surface area (Å²) in [5.74, 6) is -0.294. The Morgan fingerprint density at radius 2 is 2.05 bits per heavy atom. The van der Waals surface area contributed by atoms with E-state index in [1.165, 1.54) is 23.5 Å². The minimum Gasteiger partial charge on any atom is -0.319 e. The molecular weight excluding hydrogens is 313 g/mol. The van der Waals surface area contributed by atoms with E-state index in [4.69, 9.17) is 0 Å². The van der Waals surface area contributed by atoms with Crippen LogP contribution >= 0.6 is 23.7 Å². The molecule has 0 aliphatic heterocycles. The summed E-state index contributed by atoms with van der Waals surface area (Å²) in [6.45, 7) is 0.639. The van der Waals surface area contributed by atoms with Gasteiger partial charge in [-0.25, -0.2) is 9.37 Å². The van der Waals surface area contributed by atoms with Crippen LogP contribution in [0.5, 0.6) is 0 Å². The van der Waals surface area contributed by atoms with Crippen LogP contribution in [-0.4, -0.2) is 24.5 Å². The third-order valence-corrected chi connectivity index (χ3v) is 3.61. The summed E-state index contributed by atoms with van der Waals surface area (Å²) < 4.78 is 12.8. The highest BCUT2D eigenvalue weighted by molar-refractivity contribution is 7.15. The molecule has 2 aromatic rings. The number of anilines is 1. The van der Waals surface area contributed by atoms with E-state index < -0.39 is 0 Å². The quantitative estimate of drug-likeness (QED) is 0.857. The number of carbonyl (C=O) groups is 1. The summed E-state index contributed by atoms with van der Waals surface area (Å²) in [6, 6.07) is 6.38. The Labute approximate surface area is 133 Å². The number of amides is 1. The average molecular weight is 330 g/mol. The molecule has 0 aliphatic carbocycles. The lowest BCUT2D eigenvalue weighted by Gasteiger charge is -2.00. The van der Waals surface area contributed by atoms with E-state index in [9.17, 15) is 9.18 Å². The van der Waals surface area contributed by atoms with Crippen LogP contribution in [0.15, 0.2) is 30.5 Å². The van der Waals surface area contributed by atoms with Crippen molar-refractivity contribution in [2.24, 2.45) is 0 Å². The van der Waals surface area contributed by atoms with Gasteiger partial charge in [0.05, 0.1) is 0 Å². The van der Waals surface area contributed by atoms with Crippen molar-refractivity contribution in [3.63, 3.8) is 0 Å². The Hall–Kier alpha value is -1.50. The lowest BCUT2D eigenvalue weighted by molar-refractivity contribution is -0.116. The van der Waals surface area contributed by atoms with E-state index in [1.807, 2.05) is 0 Å². The van der Waals surface area contributed by atoms with Gasteiger partial charge in [0, 0.05) is 30.5 Å². The first-order chi connectivity index (χ1) is 9.67. The van der Waals surface area contributed by atoms with Gasteiger partial charge in [0.2, 0.25) is 5.91 Å². The second-order valence-electron chi connectivity index (χ2n) is 4.34. The monoisotopic (exact) mass is 329 g/mol. The minimum absolute atomic E-state index is 0. The fourth-order valence-corrected chi connectivity index (χ4v) is 2.53. The number of nitrogens with zero attached hydrogens (tertiary/aromatic N) is 1. The van der Waals surface area contributed by atoms with Crippen LogP contribution < -0.4 is 10.6 Å². The minimum atomic E-state index is -0.240. The highest BCUT2D eigenvalue weighted by atomic mass is 35.5. The van der Waals surface area contributed by atoms with Crippen LogP contribution in [0.3, 0.4) is 0 Å². The molecule has 7 heteroatoms. The van der Waals surface area contributed by atoms with Crippen molar-refractivity contribution in [2.75, 3.05) is 18.9 Å². The molecule has 1 heterocycles. The van der Waals surface area contributed by atoms with Gasteiger partial charge in [-0.2, -0.15) is 0 Å². The SMILES string of the molecule is CNCCC(=O)Nc1ncc(Cc2ccc(F)cc2)s1.Cl. The standard InChI is InChI=1S/C14H16FN3OS.ClH/c1-16-7-6-13(19)18-14-17-9-12(20-14)8-10-2-4-11(15)5-3-10;/h2-5,9,16H,6-8H2,1H3,(H,17,18,19);1H. The number of thiazole rings is 1. The van der Waals surface area contributed by atoms with Crippen LogP contribution in [0.25, 0.3) is 0 Å². The Bertz CT molecular complexity index is 574. The summed E-state index contributed by atoms with van der Waals surface area (Å²) in [5.41, 5.74) is 1.02. The molecule has 0 unspecified atom stereocenters. The first kappa shape index (κ1) is 17.6. The van der Waals surface area contributed by atoms with Crippen LogP contribution in [0.1, 0.15) is 16.9 Å². The molecule has 1 amide bonds. The fraction of sp³-hybridized carbons (Fsp3) is 0.286. The van der Waals surface area contributed by atoms with Gasteiger partial charge in [-0.15, -0.1) is 23.7 Å². The maximum absolute atomic E-state index is 12.8. The normalized spacial score (nSPS) is 10.0. The lowest BCUT2D eigenvalue weighted by atomic mass is 10.1. The van der Waals surface area contributed by atoms with E-state index >= 15 is 0 Å². The first-order valence-corrected chi connectivity index (χ1v) is 7.12. The van der Waals surface area contributed by atoms with Crippen LogP contribution in [0, 0.1) is 5.82 Å². The number of hydrogen-bond donors (Lipinski definition) is 2. The molecule has 21 heavy (non-hydrogen) atoms. The van der Waals surface area contributed by atoms with Crippen molar-refractivity contribution < 1.29 is 9.18 Å². The van der Waals surface area contributed by atoms with Crippen molar-refractivity contribution in [3.8, 4) is 0 Å². The van der Waals surface area contributed by atoms with Crippen molar-refractivity contribution in [1.82, 2.24) is 10.3 Å². The largest absolute Gasteiger partial charge is 0.319 e. The molecule has 0 spiro atoms. The molecule has 0 saturated carbocycles. The Morgan fingerprint density at radius 3 is 2.71 bits per heavy atom. The van der Waals surface area contributed by atoms with Crippen molar-refractivity contribution in [2.45, 2.75) is 12.8 Å². The maximum Gasteiger partial charge on any atom is 0.227 e. The molecule has 2 N–H and O–H groups in total. The molecule has 0 saturated heterocycles. The van der Waals surface area contributed by atoms with E-state index in [-0.39, 0.29) is 24.1 Å². The van der Waals surface area contributed by atoms with Gasteiger partial charge < -0.3 is 10.6 Å². The lowest BCUT2D eigenvalue weighted by Crippen LogP contribution is -2.18. The number of halogens is 2. The topological polar surface area (TPSA) is 54.0 Å². The third kappa shape index (κ3) is 5.79. The molecular formula is C14H17ClFN3OS. The number of nitrogens with one attached hydrogen (secondary N) is 2. The molecule has 1 aromatic carbocycles. The molecule has 2 rings (SSSR count). The Morgan fingerprint density at radius 1 is 1.33 bits per heavy atom. The number of hydrogen-bond acceptors (Lipinski definition) is 4. The van der Waals surface area contributed by atoms with Gasteiger partial charge in [-0.3, -0.25) is 4.79 Å². The van der Waals surface area contributed by atoms with Crippen LogP contribution in [0.4, 0.5) is 9.52 Å². The number of benzene rings is 1. The molecule has 0 bridgehead atoms. The molecule has 114 valence electrons. The van der Waals surface area contributed by atoms with Crippen molar-refractivity contribution in [1.29, 1.82) is 0 Å². The van der Waals surface area contributed by atoms with Crippen LogP contribution in [0.2, 0.25) is 0 Å². The smallest absolute Gasteiger partial charge is 0.227 e. The summed E-state index contributed by atoms with van der Waals surface area (Å²) in [7, 11) is 1.80. The second kappa shape index (κ2) is 8.71. The highest BCUT2D eigenvalue weighted by Crippen LogP contribution is 2.21. The summed E-state index contributed by atoms with van der Waals surface area (Å²) in [6.07, 6.45) is 2.84. The average Bonchev–Trinajstić information content (AvgIpc) is 2.86. The molecule has 0 radical (unpaired) electrons. The van der Waals surface area contributed by atoms with Crippen molar-refractivity contribution in [3.05, 3.63) is 46.7 Å². The predicted octanol–water partition coefficient (Wildman–Crippen LogP) is 2.84. The Balaban J connectivity index is 0.00000220. The van der Waals surface area contributed by atoms with Crippen molar-refractivity contribution >= 4 is 34.8 Å². The number of carbonyl (C=O) groups excluding carboxylic acids is 1. The van der Waals surface area contributed by atoms with E-state index in [0.717, 1.165) is 10.4 Å². The molecule has 0 atom stereocenters. The fourth-order valence-electron chi connectivity index (χ4n) is 1.67. The zero-order chi connectivity index (χ0) is 14.4. The highest BCUT2D eigenvalue weighted by Gasteiger charge is 2.07. The van der Waals surface area contributed by atoms with Gasteiger partial charge in [0.1, 0.15) is 5.82 Å². The predicted molar refractivity (Wildman–Crippen MR) is 85.7 cm³/mol. The number of rotatable bonds is 6. The zero-order valence-corrected chi connectivity index (χ0v) is 13.2. The van der Waals surface area contributed by atoms with Gasteiger partial charge >= 0.3 is 0 Å². The van der Waals surface area contributed by atoms with E-state index in [1.54, 1.807) is 25.4 Å². The molecule has 0 fully saturated rings.